The molecule has 1 aliphatic rings. The highest BCUT2D eigenvalue weighted by Crippen LogP contribution is 2.18. The van der Waals surface area contributed by atoms with Crippen molar-refractivity contribution in [3.8, 4) is 0 Å². The summed E-state index contributed by atoms with van der Waals surface area (Å²) < 4.78 is 7.25. The molecule has 4 heteroatoms. The normalized spacial score (nSPS) is 23.3. The molecule has 0 spiro atoms. The number of aromatic nitrogens is 2. The van der Waals surface area contributed by atoms with Crippen molar-refractivity contribution in [3.63, 3.8) is 0 Å². The second-order valence-electron chi connectivity index (χ2n) is 3.32. The van der Waals surface area contributed by atoms with Crippen LogP contribution in [0.5, 0.6) is 0 Å². The Bertz CT molecular complexity index is 266. The van der Waals surface area contributed by atoms with E-state index in [1.807, 2.05) is 16.9 Å². The molecule has 0 aromatic carbocycles. The fourth-order valence-electron chi connectivity index (χ4n) is 1.60. The van der Waals surface area contributed by atoms with Crippen molar-refractivity contribution < 1.29 is 9.84 Å². The summed E-state index contributed by atoms with van der Waals surface area (Å²) in [5.74, 6) is 0. The number of rotatable bonds is 2. The molecule has 0 saturated carbocycles. The second-order valence-corrected chi connectivity index (χ2v) is 3.32. The molecule has 13 heavy (non-hydrogen) atoms. The Labute approximate surface area is 77.1 Å². The molecule has 1 atom stereocenters. The lowest BCUT2D eigenvalue weighted by atomic mass is 10.1. The monoisotopic (exact) mass is 182 g/mol. The van der Waals surface area contributed by atoms with Crippen LogP contribution in [0.25, 0.3) is 0 Å². The molecule has 1 fully saturated rings. The second kappa shape index (κ2) is 3.89. The minimum Gasteiger partial charge on any atom is -0.390 e. The van der Waals surface area contributed by atoms with Crippen molar-refractivity contribution in [2.45, 2.75) is 25.5 Å². The first-order chi connectivity index (χ1) is 6.40. The van der Waals surface area contributed by atoms with Gasteiger partial charge in [-0.25, -0.2) is 0 Å². The third kappa shape index (κ3) is 1.89. The molecule has 0 radical (unpaired) electrons. The van der Waals surface area contributed by atoms with Crippen molar-refractivity contribution in [1.82, 2.24) is 9.78 Å². The van der Waals surface area contributed by atoms with E-state index in [0.717, 1.165) is 31.7 Å². The SMILES string of the molecule is OCc1ccn(C2CCCOC2)n1. The van der Waals surface area contributed by atoms with Crippen LogP contribution in [0.2, 0.25) is 0 Å². The van der Waals surface area contributed by atoms with Crippen molar-refractivity contribution >= 4 is 0 Å². The Hall–Kier alpha value is -0.870. The summed E-state index contributed by atoms with van der Waals surface area (Å²) >= 11 is 0. The largest absolute Gasteiger partial charge is 0.390 e. The molecule has 2 rings (SSSR count). The van der Waals surface area contributed by atoms with E-state index < -0.39 is 0 Å². The van der Waals surface area contributed by atoms with E-state index >= 15 is 0 Å². The van der Waals surface area contributed by atoms with Crippen LogP contribution >= 0.6 is 0 Å². The molecule has 0 aliphatic carbocycles. The molecule has 1 saturated heterocycles. The van der Waals surface area contributed by atoms with Gasteiger partial charge >= 0.3 is 0 Å². The van der Waals surface area contributed by atoms with Crippen LogP contribution in [0.4, 0.5) is 0 Å². The molecule has 0 bridgehead atoms. The smallest absolute Gasteiger partial charge is 0.0879 e. The van der Waals surface area contributed by atoms with E-state index in [1.54, 1.807) is 0 Å². The van der Waals surface area contributed by atoms with Crippen molar-refractivity contribution in [2.24, 2.45) is 0 Å². The molecule has 4 nitrogen and oxygen atoms in total. The molecule has 72 valence electrons. The summed E-state index contributed by atoms with van der Waals surface area (Å²) in [5.41, 5.74) is 0.727. The number of hydrogen-bond donors (Lipinski definition) is 1. The molecule has 1 aromatic rings. The van der Waals surface area contributed by atoms with Gasteiger partial charge in [-0.3, -0.25) is 4.68 Å². The first-order valence-corrected chi connectivity index (χ1v) is 4.63. The molecular weight excluding hydrogens is 168 g/mol. The third-order valence-electron chi connectivity index (χ3n) is 2.34. The van der Waals surface area contributed by atoms with Crippen molar-refractivity contribution in [2.75, 3.05) is 13.2 Å². The fourth-order valence-corrected chi connectivity index (χ4v) is 1.60. The third-order valence-corrected chi connectivity index (χ3v) is 2.34. The predicted molar refractivity (Wildman–Crippen MR) is 47.2 cm³/mol. The van der Waals surface area contributed by atoms with Gasteiger partial charge in [-0.15, -0.1) is 0 Å². The van der Waals surface area contributed by atoms with Gasteiger partial charge in [0.15, 0.2) is 0 Å². The van der Waals surface area contributed by atoms with Gasteiger partial charge in [0.25, 0.3) is 0 Å². The average Bonchev–Trinajstić information content (AvgIpc) is 2.67. The van der Waals surface area contributed by atoms with Gasteiger partial charge in [0, 0.05) is 12.8 Å². The van der Waals surface area contributed by atoms with Crippen LogP contribution in [0.15, 0.2) is 12.3 Å². The summed E-state index contributed by atoms with van der Waals surface area (Å²) in [6, 6.07) is 2.20. The zero-order valence-electron chi connectivity index (χ0n) is 7.52. The number of hydrogen-bond acceptors (Lipinski definition) is 3. The van der Waals surface area contributed by atoms with E-state index in [4.69, 9.17) is 9.84 Å². The topological polar surface area (TPSA) is 47.3 Å². The Kier molecular flexibility index (Phi) is 2.61. The lowest BCUT2D eigenvalue weighted by Gasteiger charge is -2.22. The molecule has 2 heterocycles. The molecule has 0 amide bonds. The van der Waals surface area contributed by atoms with Crippen LogP contribution in [-0.2, 0) is 11.3 Å². The summed E-state index contributed by atoms with van der Waals surface area (Å²) in [5, 5.41) is 13.1. The number of nitrogens with zero attached hydrogens (tertiary/aromatic N) is 2. The molecule has 1 unspecified atom stereocenters. The number of ether oxygens (including phenoxy) is 1. The van der Waals surface area contributed by atoms with Gasteiger partial charge in [0.2, 0.25) is 0 Å². The Morgan fingerprint density at radius 2 is 2.62 bits per heavy atom. The fraction of sp³-hybridized carbons (Fsp3) is 0.667. The predicted octanol–water partition coefficient (Wildman–Crippen LogP) is 0.727. The summed E-state index contributed by atoms with van der Waals surface area (Å²) in [4.78, 5) is 0. The molecule has 1 aromatic heterocycles. The quantitative estimate of drug-likeness (QED) is 0.733. The Balaban J connectivity index is 2.05. The molecule has 1 aliphatic heterocycles. The summed E-state index contributed by atoms with van der Waals surface area (Å²) in [6.45, 7) is 1.62. The van der Waals surface area contributed by atoms with Crippen LogP contribution in [0.3, 0.4) is 0 Å². The van der Waals surface area contributed by atoms with Gasteiger partial charge in [0.1, 0.15) is 0 Å². The highest BCUT2D eigenvalue weighted by Gasteiger charge is 2.16. The van der Waals surface area contributed by atoms with Crippen LogP contribution in [0.1, 0.15) is 24.6 Å². The first kappa shape index (κ1) is 8.72. The minimum absolute atomic E-state index is 0.0145. The number of aliphatic hydroxyl groups excluding tert-OH is 1. The van der Waals surface area contributed by atoms with Gasteiger partial charge in [0.05, 0.1) is 24.9 Å². The Morgan fingerprint density at radius 1 is 1.69 bits per heavy atom. The lowest BCUT2D eigenvalue weighted by Crippen LogP contribution is -2.21. The average molecular weight is 182 g/mol. The highest BCUT2D eigenvalue weighted by molar-refractivity contribution is 4.97. The van der Waals surface area contributed by atoms with Gasteiger partial charge in [-0.2, -0.15) is 5.10 Å². The van der Waals surface area contributed by atoms with E-state index in [-0.39, 0.29) is 6.61 Å². The minimum atomic E-state index is 0.0145. The summed E-state index contributed by atoms with van der Waals surface area (Å²) in [6.07, 6.45) is 4.12. The van der Waals surface area contributed by atoms with E-state index in [2.05, 4.69) is 5.10 Å². The van der Waals surface area contributed by atoms with Crippen LogP contribution in [-0.4, -0.2) is 28.1 Å². The van der Waals surface area contributed by atoms with Crippen molar-refractivity contribution in [3.05, 3.63) is 18.0 Å². The Morgan fingerprint density at radius 3 is 3.23 bits per heavy atom. The van der Waals surface area contributed by atoms with Crippen LogP contribution in [0, 0.1) is 0 Å². The van der Waals surface area contributed by atoms with Crippen molar-refractivity contribution in [1.29, 1.82) is 0 Å². The maximum atomic E-state index is 8.84. The zero-order valence-corrected chi connectivity index (χ0v) is 7.52. The molecular formula is C9H14N2O2. The lowest BCUT2D eigenvalue weighted by molar-refractivity contribution is 0.0546. The molecule has 1 N–H and O–H groups in total. The standard InChI is InChI=1S/C9H14N2O2/c12-6-8-3-4-11(10-8)9-2-1-5-13-7-9/h3-4,9,12H,1-2,5-7H2. The maximum Gasteiger partial charge on any atom is 0.0879 e. The maximum absolute atomic E-state index is 8.84. The van der Waals surface area contributed by atoms with E-state index in [1.165, 1.54) is 0 Å². The van der Waals surface area contributed by atoms with Gasteiger partial charge < -0.3 is 9.84 Å². The first-order valence-electron chi connectivity index (χ1n) is 4.63. The highest BCUT2D eigenvalue weighted by atomic mass is 16.5. The van der Waals surface area contributed by atoms with E-state index in [0.29, 0.717) is 6.04 Å². The van der Waals surface area contributed by atoms with Gasteiger partial charge in [-0.1, -0.05) is 0 Å². The van der Waals surface area contributed by atoms with Crippen LogP contribution < -0.4 is 0 Å². The zero-order chi connectivity index (χ0) is 9.10. The van der Waals surface area contributed by atoms with Gasteiger partial charge in [-0.05, 0) is 18.9 Å². The number of aliphatic hydroxyl groups is 1. The summed E-state index contributed by atoms with van der Waals surface area (Å²) in [7, 11) is 0. The van der Waals surface area contributed by atoms with E-state index in [9.17, 15) is 0 Å².